The van der Waals surface area contributed by atoms with Crippen LogP contribution in [0, 0.1) is 11.8 Å². The Kier molecular flexibility index (Phi) is 8.75. The number of hydrogen-bond donors (Lipinski definition) is 2. The van der Waals surface area contributed by atoms with E-state index in [1.54, 1.807) is 24.3 Å². The van der Waals surface area contributed by atoms with Crippen LogP contribution in [-0.2, 0) is 11.3 Å². The topological polar surface area (TPSA) is 116 Å². The van der Waals surface area contributed by atoms with E-state index >= 15 is 0 Å². The number of rotatable bonds is 9. The molecular weight excluding hydrogens is 561 g/mol. The van der Waals surface area contributed by atoms with E-state index in [2.05, 4.69) is 46.7 Å². The molecule has 0 saturated heterocycles. The van der Waals surface area contributed by atoms with Gasteiger partial charge in [0, 0.05) is 11.1 Å². The van der Waals surface area contributed by atoms with Crippen molar-refractivity contribution in [3.63, 3.8) is 0 Å². The summed E-state index contributed by atoms with van der Waals surface area (Å²) in [5, 5.41) is 17.2. The number of benzene rings is 2. The second-order valence-corrected chi connectivity index (χ2v) is 12.1. The van der Waals surface area contributed by atoms with Gasteiger partial charge in [0.25, 0.3) is 11.8 Å². The van der Waals surface area contributed by atoms with Crippen molar-refractivity contribution in [3.8, 4) is 0 Å². The summed E-state index contributed by atoms with van der Waals surface area (Å²) >= 11 is 12.5. The molecular formula is C30H35Cl2N7O2. The number of aromatic nitrogens is 4. The molecule has 216 valence electrons. The number of aromatic amines is 1. The summed E-state index contributed by atoms with van der Waals surface area (Å²) in [6, 6.07) is 12.6. The summed E-state index contributed by atoms with van der Waals surface area (Å²) < 4.78 is 0. The molecule has 11 heteroatoms. The van der Waals surface area contributed by atoms with E-state index in [9.17, 15) is 9.59 Å². The molecule has 3 aromatic rings. The molecule has 1 spiro atoms. The Morgan fingerprint density at radius 1 is 1.12 bits per heavy atom. The number of aliphatic imine (C=N–C) groups is 1. The minimum Gasteiger partial charge on any atom is -0.345 e. The quantitative estimate of drug-likeness (QED) is 0.307. The summed E-state index contributed by atoms with van der Waals surface area (Å²) in [5.74, 6) is 1.27. The Bertz CT molecular complexity index is 1420. The van der Waals surface area contributed by atoms with Crippen molar-refractivity contribution < 1.29 is 9.59 Å². The van der Waals surface area contributed by atoms with E-state index in [-0.39, 0.29) is 24.4 Å². The highest BCUT2D eigenvalue weighted by Gasteiger charge is 2.51. The monoisotopic (exact) mass is 595 g/mol. The summed E-state index contributed by atoms with van der Waals surface area (Å²) in [6.07, 6.45) is 5.30. The normalized spacial score (nSPS) is 21.4. The first kappa shape index (κ1) is 29.2. The number of H-pyrrole nitrogens is 1. The molecule has 0 radical (unpaired) electrons. The summed E-state index contributed by atoms with van der Waals surface area (Å²) in [4.78, 5) is 34.3. The number of carbonyl (C=O) groups excluding carboxylic acids is 2. The third kappa shape index (κ3) is 6.02. The van der Waals surface area contributed by atoms with Gasteiger partial charge in [0.05, 0.1) is 22.6 Å². The number of tetrazole rings is 1. The van der Waals surface area contributed by atoms with Crippen LogP contribution in [0.3, 0.4) is 0 Å². The molecule has 2 amide bonds. The van der Waals surface area contributed by atoms with Crippen LogP contribution in [0.15, 0.2) is 47.5 Å². The standard InChI is InChI=1S/C30H35Cl2N7O2/c1-4-5-25(20-6-8-21(9-7-20)28(40)33-17-26-35-37-38-36-26)39-29(41)27(22-10-11-23(31)24(32)16-22)34-30(39)14-12-19(13-15-30)18(2)3/h6-11,16,18-19,25H,4-5,12-15,17H2,1-3H3,(H,33,40)(H,35,36,37,38). The Labute approximate surface area is 250 Å². The van der Waals surface area contributed by atoms with Gasteiger partial charge >= 0.3 is 0 Å². The summed E-state index contributed by atoms with van der Waals surface area (Å²) in [6.45, 7) is 6.83. The molecule has 1 fully saturated rings. The first-order valence-electron chi connectivity index (χ1n) is 14.2. The van der Waals surface area contributed by atoms with Crippen LogP contribution in [0.4, 0.5) is 0 Å². The van der Waals surface area contributed by atoms with Gasteiger partial charge in [0.1, 0.15) is 11.4 Å². The van der Waals surface area contributed by atoms with Crippen LogP contribution < -0.4 is 5.32 Å². The average Bonchev–Trinajstić information content (AvgIpc) is 3.59. The Hall–Kier alpha value is -3.30. The van der Waals surface area contributed by atoms with Crippen molar-refractivity contribution >= 4 is 40.7 Å². The minimum atomic E-state index is -0.621. The van der Waals surface area contributed by atoms with Gasteiger partial charge in [0.15, 0.2) is 5.82 Å². The lowest BCUT2D eigenvalue weighted by atomic mass is 9.76. The number of halogens is 2. The van der Waals surface area contributed by atoms with Gasteiger partial charge in [-0.2, -0.15) is 5.21 Å². The Morgan fingerprint density at radius 2 is 1.85 bits per heavy atom. The first-order chi connectivity index (χ1) is 19.7. The van der Waals surface area contributed by atoms with Gasteiger partial charge < -0.3 is 10.2 Å². The van der Waals surface area contributed by atoms with E-state index in [0.717, 1.165) is 44.1 Å². The molecule has 41 heavy (non-hydrogen) atoms. The second kappa shape index (κ2) is 12.3. The molecule has 2 aliphatic rings. The molecule has 0 bridgehead atoms. The van der Waals surface area contributed by atoms with E-state index in [1.807, 2.05) is 23.1 Å². The number of nitrogens with one attached hydrogen (secondary N) is 2. The van der Waals surface area contributed by atoms with Gasteiger partial charge in [-0.25, -0.2) is 0 Å². The fourth-order valence-electron chi connectivity index (χ4n) is 6.09. The van der Waals surface area contributed by atoms with Gasteiger partial charge in [-0.15, -0.1) is 10.2 Å². The smallest absolute Gasteiger partial charge is 0.275 e. The van der Waals surface area contributed by atoms with E-state index in [4.69, 9.17) is 28.2 Å². The molecule has 5 rings (SSSR count). The predicted octanol–water partition coefficient (Wildman–Crippen LogP) is 6.15. The molecule has 1 unspecified atom stereocenters. The predicted molar refractivity (Wildman–Crippen MR) is 159 cm³/mol. The average molecular weight is 597 g/mol. The van der Waals surface area contributed by atoms with Crippen LogP contribution in [0.25, 0.3) is 0 Å². The molecule has 1 aliphatic heterocycles. The van der Waals surface area contributed by atoms with Gasteiger partial charge in [-0.05, 0) is 73.8 Å². The van der Waals surface area contributed by atoms with Crippen LogP contribution in [-0.4, -0.2) is 48.7 Å². The molecule has 1 aliphatic carbocycles. The zero-order valence-electron chi connectivity index (χ0n) is 23.5. The molecule has 1 atom stereocenters. The lowest BCUT2D eigenvalue weighted by Gasteiger charge is -2.46. The number of hydrogen-bond acceptors (Lipinski definition) is 6. The zero-order chi connectivity index (χ0) is 29.1. The van der Waals surface area contributed by atoms with Crippen molar-refractivity contribution in [2.24, 2.45) is 16.8 Å². The third-order valence-corrected chi connectivity index (χ3v) is 9.12. The molecule has 2 aromatic carbocycles. The zero-order valence-corrected chi connectivity index (χ0v) is 25.0. The van der Waals surface area contributed by atoms with Crippen LogP contribution in [0.1, 0.15) is 92.6 Å². The Balaban J connectivity index is 1.45. The third-order valence-electron chi connectivity index (χ3n) is 8.38. The molecule has 1 aromatic heterocycles. The molecule has 9 nitrogen and oxygen atoms in total. The maximum atomic E-state index is 14.3. The van der Waals surface area contributed by atoms with Crippen molar-refractivity contribution in [3.05, 3.63) is 75.0 Å². The lowest BCUT2D eigenvalue weighted by molar-refractivity contribution is -0.133. The van der Waals surface area contributed by atoms with Crippen molar-refractivity contribution in [2.75, 3.05) is 0 Å². The molecule has 2 heterocycles. The highest BCUT2D eigenvalue weighted by molar-refractivity contribution is 6.48. The highest BCUT2D eigenvalue weighted by atomic mass is 35.5. The maximum absolute atomic E-state index is 14.3. The maximum Gasteiger partial charge on any atom is 0.275 e. The van der Waals surface area contributed by atoms with Crippen molar-refractivity contribution in [2.45, 2.75) is 77.5 Å². The summed E-state index contributed by atoms with van der Waals surface area (Å²) in [5.41, 5.74) is 1.99. The SMILES string of the molecule is CCCC(c1ccc(C(=O)NCc2nn[nH]n2)cc1)N1C(=O)C(c2ccc(Cl)c(Cl)c2)=NC12CCC(C(C)C)CC2. The number of amides is 2. The highest BCUT2D eigenvalue weighted by Crippen LogP contribution is 2.48. The first-order valence-corrected chi connectivity index (χ1v) is 15.0. The Morgan fingerprint density at radius 3 is 2.46 bits per heavy atom. The van der Waals surface area contributed by atoms with E-state index < -0.39 is 5.66 Å². The van der Waals surface area contributed by atoms with Crippen LogP contribution in [0.2, 0.25) is 10.0 Å². The van der Waals surface area contributed by atoms with Gasteiger partial charge in [-0.3, -0.25) is 14.6 Å². The second-order valence-electron chi connectivity index (χ2n) is 11.3. The van der Waals surface area contributed by atoms with Crippen LogP contribution >= 0.6 is 23.2 Å². The number of carbonyl (C=O) groups is 2. The van der Waals surface area contributed by atoms with Crippen molar-refractivity contribution in [1.82, 2.24) is 30.8 Å². The summed E-state index contributed by atoms with van der Waals surface area (Å²) in [7, 11) is 0. The fraction of sp³-hybridized carbons (Fsp3) is 0.467. The molecule has 1 saturated carbocycles. The number of nitrogens with zero attached hydrogens (tertiary/aromatic N) is 5. The fourth-order valence-corrected chi connectivity index (χ4v) is 6.39. The van der Waals surface area contributed by atoms with E-state index in [1.165, 1.54) is 0 Å². The van der Waals surface area contributed by atoms with Crippen LogP contribution in [0.5, 0.6) is 0 Å². The van der Waals surface area contributed by atoms with Gasteiger partial charge in [0.2, 0.25) is 0 Å². The lowest BCUT2D eigenvalue weighted by Crippen LogP contribution is -2.51. The largest absolute Gasteiger partial charge is 0.345 e. The molecule has 2 N–H and O–H groups in total. The van der Waals surface area contributed by atoms with Gasteiger partial charge in [-0.1, -0.05) is 73.8 Å². The minimum absolute atomic E-state index is 0.0910. The van der Waals surface area contributed by atoms with E-state index in [0.29, 0.717) is 44.5 Å². The van der Waals surface area contributed by atoms with Crippen molar-refractivity contribution in [1.29, 1.82) is 0 Å².